The van der Waals surface area contributed by atoms with Gasteiger partial charge in [-0.2, -0.15) is 0 Å². The Morgan fingerprint density at radius 2 is 2.11 bits per heavy atom. The molecule has 0 amide bonds. The van der Waals surface area contributed by atoms with Crippen molar-refractivity contribution in [1.82, 2.24) is 10.6 Å². The number of hydrogen-bond donors (Lipinski definition) is 2. The summed E-state index contributed by atoms with van der Waals surface area (Å²) in [5.41, 5.74) is 0. The summed E-state index contributed by atoms with van der Waals surface area (Å²) in [6, 6.07) is 6.67. The van der Waals surface area contributed by atoms with Crippen LogP contribution in [0.25, 0.3) is 0 Å². The van der Waals surface area contributed by atoms with Gasteiger partial charge in [0.1, 0.15) is 6.10 Å². The summed E-state index contributed by atoms with van der Waals surface area (Å²) in [5, 5.41) is 6.99. The molecule has 8 heteroatoms. The number of ether oxygens (including phenoxy) is 1. The third kappa shape index (κ3) is 8.23. The van der Waals surface area contributed by atoms with Crippen LogP contribution < -0.4 is 15.4 Å². The summed E-state index contributed by atoms with van der Waals surface area (Å²) in [4.78, 5) is 4.59. The van der Waals surface area contributed by atoms with Crippen molar-refractivity contribution in [3.8, 4) is 5.75 Å². The van der Waals surface area contributed by atoms with Gasteiger partial charge in [-0.25, -0.2) is 9.38 Å². The van der Waals surface area contributed by atoms with E-state index in [1.807, 2.05) is 20.8 Å². The van der Waals surface area contributed by atoms with Gasteiger partial charge in [-0.3, -0.25) is 4.21 Å². The van der Waals surface area contributed by atoms with Crippen LogP contribution in [0.4, 0.5) is 4.39 Å². The van der Waals surface area contributed by atoms with Crippen LogP contribution >= 0.6 is 24.0 Å². The van der Waals surface area contributed by atoms with Gasteiger partial charge in [-0.05, 0) is 45.2 Å². The highest BCUT2D eigenvalue weighted by molar-refractivity contribution is 14.0. The highest BCUT2D eigenvalue weighted by Crippen LogP contribution is 2.23. The van der Waals surface area contributed by atoms with Gasteiger partial charge in [0.05, 0.1) is 6.54 Å². The molecule has 1 aromatic rings. The third-order valence-corrected chi connectivity index (χ3v) is 6.38. The lowest BCUT2D eigenvalue weighted by Crippen LogP contribution is -2.47. The van der Waals surface area contributed by atoms with Gasteiger partial charge in [0.2, 0.25) is 0 Å². The summed E-state index contributed by atoms with van der Waals surface area (Å²) >= 11 is 0. The van der Waals surface area contributed by atoms with Crippen molar-refractivity contribution in [2.75, 3.05) is 18.8 Å². The van der Waals surface area contributed by atoms with Crippen LogP contribution in [0, 0.1) is 5.82 Å². The summed E-state index contributed by atoms with van der Waals surface area (Å²) < 4.78 is 31.5. The molecule has 1 saturated carbocycles. The van der Waals surface area contributed by atoms with Gasteiger partial charge in [0.15, 0.2) is 17.5 Å². The fourth-order valence-electron chi connectivity index (χ4n) is 3.28. The smallest absolute Gasteiger partial charge is 0.191 e. The maximum absolute atomic E-state index is 13.7. The number of para-hydroxylation sites is 1. The number of aliphatic imine (C=N–C) groups is 1. The minimum absolute atomic E-state index is 0. The van der Waals surface area contributed by atoms with Gasteiger partial charge in [-0.1, -0.05) is 25.5 Å². The molecule has 0 radical (unpaired) electrons. The standard InChI is InChI=1S/C20H32FN3O2S.HI/c1-4-22-20(24-16-9-8-10-17(13-16)27(25)5-2)23-14-15(3)26-19-12-7-6-11-18(19)21;/h6-7,11-12,15-17H,4-5,8-10,13-14H2,1-3H3,(H2,22,23,24);1H. The van der Waals surface area contributed by atoms with Gasteiger partial charge in [0, 0.05) is 34.4 Å². The van der Waals surface area contributed by atoms with E-state index in [4.69, 9.17) is 4.74 Å². The van der Waals surface area contributed by atoms with E-state index in [-0.39, 0.29) is 52.9 Å². The number of hydrogen-bond acceptors (Lipinski definition) is 3. The Balaban J connectivity index is 0.00000392. The Kier molecular flexibility index (Phi) is 12.0. The van der Waals surface area contributed by atoms with E-state index in [1.54, 1.807) is 18.2 Å². The molecule has 0 bridgehead atoms. The molecule has 0 aliphatic heterocycles. The number of halogens is 2. The summed E-state index contributed by atoms with van der Waals surface area (Å²) in [7, 11) is -0.744. The maximum atomic E-state index is 13.7. The van der Waals surface area contributed by atoms with Crippen molar-refractivity contribution in [3.05, 3.63) is 30.1 Å². The number of rotatable bonds is 8. The molecule has 0 spiro atoms. The van der Waals surface area contributed by atoms with Crippen molar-refractivity contribution < 1.29 is 13.3 Å². The van der Waals surface area contributed by atoms with Gasteiger partial charge >= 0.3 is 0 Å². The molecule has 2 N–H and O–H groups in total. The molecule has 1 aliphatic carbocycles. The van der Waals surface area contributed by atoms with E-state index in [0.717, 1.165) is 43.9 Å². The van der Waals surface area contributed by atoms with E-state index < -0.39 is 10.8 Å². The molecule has 2 rings (SSSR count). The first kappa shape index (κ1) is 25.1. The highest BCUT2D eigenvalue weighted by Gasteiger charge is 2.26. The van der Waals surface area contributed by atoms with Crippen molar-refractivity contribution >= 4 is 40.7 Å². The van der Waals surface area contributed by atoms with Crippen molar-refractivity contribution in [2.45, 2.75) is 63.9 Å². The number of benzene rings is 1. The van der Waals surface area contributed by atoms with Crippen LogP contribution in [0.5, 0.6) is 5.75 Å². The predicted octanol–water partition coefficient (Wildman–Crippen LogP) is 3.85. The van der Waals surface area contributed by atoms with Crippen LogP contribution in [0.15, 0.2) is 29.3 Å². The predicted molar refractivity (Wildman–Crippen MR) is 126 cm³/mol. The fraction of sp³-hybridized carbons (Fsp3) is 0.650. The lowest BCUT2D eigenvalue weighted by molar-refractivity contribution is 0.220. The highest BCUT2D eigenvalue weighted by atomic mass is 127. The van der Waals surface area contributed by atoms with Crippen LogP contribution in [0.1, 0.15) is 46.5 Å². The SMILES string of the molecule is CCNC(=NCC(C)Oc1ccccc1F)NC1CCCC(S(=O)CC)C1.I. The monoisotopic (exact) mass is 525 g/mol. The van der Waals surface area contributed by atoms with E-state index in [1.165, 1.54) is 6.07 Å². The average molecular weight is 525 g/mol. The minimum atomic E-state index is -0.744. The zero-order chi connectivity index (χ0) is 19.6. The Morgan fingerprint density at radius 1 is 1.36 bits per heavy atom. The molecule has 1 aromatic carbocycles. The molecule has 1 aliphatic rings. The summed E-state index contributed by atoms with van der Waals surface area (Å²) in [6.45, 7) is 7.05. The van der Waals surface area contributed by atoms with E-state index in [0.29, 0.717) is 6.54 Å². The molecular weight excluding hydrogens is 492 g/mol. The normalized spacial score (nSPS) is 21.9. The van der Waals surface area contributed by atoms with Crippen LogP contribution in [-0.4, -0.2) is 46.4 Å². The molecule has 4 unspecified atom stereocenters. The Morgan fingerprint density at radius 3 is 2.79 bits per heavy atom. The zero-order valence-electron chi connectivity index (χ0n) is 16.9. The molecule has 0 saturated heterocycles. The molecular formula is C20H33FIN3O2S. The van der Waals surface area contributed by atoms with Crippen LogP contribution in [0.3, 0.4) is 0 Å². The van der Waals surface area contributed by atoms with Gasteiger partial charge < -0.3 is 15.4 Å². The molecule has 0 aromatic heterocycles. The lowest BCUT2D eigenvalue weighted by Gasteiger charge is -2.30. The summed E-state index contributed by atoms with van der Waals surface area (Å²) in [6.07, 6.45) is 3.85. The zero-order valence-corrected chi connectivity index (χ0v) is 20.1. The van der Waals surface area contributed by atoms with Crippen molar-refractivity contribution in [3.63, 3.8) is 0 Å². The minimum Gasteiger partial charge on any atom is -0.486 e. The van der Waals surface area contributed by atoms with E-state index >= 15 is 0 Å². The second kappa shape index (κ2) is 13.3. The average Bonchev–Trinajstić information content (AvgIpc) is 2.67. The van der Waals surface area contributed by atoms with E-state index in [9.17, 15) is 8.60 Å². The Bertz CT molecular complexity index is 648. The Labute approximate surface area is 187 Å². The first-order valence-electron chi connectivity index (χ1n) is 9.86. The number of nitrogens with zero attached hydrogens (tertiary/aromatic N) is 1. The quantitative estimate of drug-likeness (QED) is 0.308. The Hall–Kier alpha value is -0.900. The van der Waals surface area contributed by atoms with E-state index in [2.05, 4.69) is 15.6 Å². The lowest BCUT2D eigenvalue weighted by atomic mass is 9.95. The molecule has 4 atom stereocenters. The number of guanidine groups is 1. The van der Waals surface area contributed by atoms with Gasteiger partial charge in [0.25, 0.3) is 0 Å². The molecule has 1 fully saturated rings. The second-order valence-electron chi connectivity index (χ2n) is 6.88. The van der Waals surface area contributed by atoms with Crippen molar-refractivity contribution in [2.24, 2.45) is 4.99 Å². The first-order chi connectivity index (χ1) is 13.0. The molecule has 28 heavy (non-hydrogen) atoms. The third-order valence-electron chi connectivity index (χ3n) is 4.64. The van der Waals surface area contributed by atoms with Crippen LogP contribution in [-0.2, 0) is 10.8 Å². The molecule has 0 heterocycles. The molecule has 160 valence electrons. The second-order valence-corrected chi connectivity index (χ2v) is 8.88. The largest absolute Gasteiger partial charge is 0.486 e. The van der Waals surface area contributed by atoms with Gasteiger partial charge in [-0.15, -0.1) is 24.0 Å². The maximum Gasteiger partial charge on any atom is 0.191 e. The topological polar surface area (TPSA) is 62.7 Å². The van der Waals surface area contributed by atoms with Crippen LogP contribution in [0.2, 0.25) is 0 Å². The summed E-state index contributed by atoms with van der Waals surface area (Å²) in [5.74, 6) is 1.33. The fourth-order valence-corrected chi connectivity index (χ4v) is 4.63. The molecule has 5 nitrogen and oxygen atoms in total. The first-order valence-corrected chi connectivity index (χ1v) is 11.2. The van der Waals surface area contributed by atoms with Crippen molar-refractivity contribution in [1.29, 1.82) is 0 Å². The number of nitrogens with one attached hydrogen (secondary N) is 2.